The second-order valence-corrected chi connectivity index (χ2v) is 10.0. The summed E-state index contributed by atoms with van der Waals surface area (Å²) in [6.07, 6.45) is 3.93. The number of halogens is 1. The molecule has 34 heavy (non-hydrogen) atoms. The second-order valence-electron chi connectivity index (χ2n) is 8.97. The summed E-state index contributed by atoms with van der Waals surface area (Å²) in [7, 11) is 1.63. The first kappa shape index (κ1) is 22.7. The number of rotatable bonds is 7. The maximum absolute atomic E-state index is 13.2. The van der Waals surface area contributed by atoms with Gasteiger partial charge >= 0.3 is 0 Å². The Balaban J connectivity index is 1.54. The van der Waals surface area contributed by atoms with E-state index >= 15 is 0 Å². The Bertz CT molecular complexity index is 1290. The summed E-state index contributed by atoms with van der Waals surface area (Å²) in [5, 5.41) is 20.3. The zero-order valence-electron chi connectivity index (χ0n) is 18.9. The normalized spacial score (nSPS) is 18.7. The third-order valence-electron chi connectivity index (χ3n) is 6.45. The van der Waals surface area contributed by atoms with Gasteiger partial charge in [0.2, 0.25) is 5.43 Å². The predicted molar refractivity (Wildman–Crippen MR) is 125 cm³/mol. The van der Waals surface area contributed by atoms with E-state index in [0.717, 1.165) is 18.4 Å². The summed E-state index contributed by atoms with van der Waals surface area (Å²) in [6, 6.07) is 6.11. The fourth-order valence-corrected chi connectivity index (χ4v) is 5.37. The monoisotopic (exact) mass is 484 g/mol. The number of hydrogen-bond donors (Lipinski definition) is 1. The first-order valence-electron chi connectivity index (χ1n) is 11.2. The van der Waals surface area contributed by atoms with E-state index in [4.69, 9.17) is 4.74 Å². The van der Waals surface area contributed by atoms with Crippen LogP contribution >= 0.6 is 11.3 Å². The molecule has 2 aliphatic rings. The van der Waals surface area contributed by atoms with Gasteiger partial charge in [0.05, 0.1) is 18.2 Å². The fraction of sp³-hybridized carbons (Fsp3) is 0.417. The van der Waals surface area contributed by atoms with Gasteiger partial charge in [-0.3, -0.25) is 9.59 Å². The minimum Gasteiger partial charge on any atom is -0.503 e. The van der Waals surface area contributed by atoms with Crippen LogP contribution in [0.3, 0.4) is 0 Å². The Kier molecular flexibility index (Phi) is 5.95. The summed E-state index contributed by atoms with van der Waals surface area (Å²) in [5.74, 6) is -1.15. The number of hydrogen-bond acceptors (Lipinski definition) is 7. The van der Waals surface area contributed by atoms with Crippen molar-refractivity contribution in [3.63, 3.8) is 0 Å². The molecule has 0 bridgehead atoms. The molecule has 1 N–H and O–H groups in total. The number of aromatic nitrogens is 3. The number of nitrogens with zero attached hydrogens (tertiary/aromatic N) is 4. The molecule has 1 fully saturated rings. The van der Waals surface area contributed by atoms with E-state index < -0.39 is 11.2 Å². The molecule has 10 heteroatoms. The summed E-state index contributed by atoms with van der Waals surface area (Å²) < 4.78 is 20.3. The molecule has 1 aliphatic heterocycles. The number of amides is 1. The Labute approximate surface area is 199 Å². The van der Waals surface area contributed by atoms with Crippen LogP contribution < -0.4 is 5.43 Å². The Morgan fingerprint density at radius 1 is 1.24 bits per heavy atom. The lowest BCUT2D eigenvalue weighted by Gasteiger charge is -2.39. The molecule has 0 unspecified atom stereocenters. The van der Waals surface area contributed by atoms with Crippen molar-refractivity contribution in [2.75, 3.05) is 20.3 Å². The molecular weight excluding hydrogens is 459 g/mol. The van der Waals surface area contributed by atoms with Gasteiger partial charge in [-0.1, -0.05) is 30.4 Å². The van der Waals surface area contributed by atoms with Gasteiger partial charge in [-0.15, -0.1) is 10.2 Å². The topological polar surface area (TPSA) is 97.6 Å². The number of fused-ring (bicyclic) bond motifs is 1. The van der Waals surface area contributed by atoms with Crippen molar-refractivity contribution in [2.45, 2.75) is 38.3 Å². The lowest BCUT2D eigenvalue weighted by Crippen LogP contribution is -2.47. The molecule has 2 atom stereocenters. The predicted octanol–water partition coefficient (Wildman–Crippen LogP) is 3.24. The minimum absolute atomic E-state index is 0.0240. The van der Waals surface area contributed by atoms with Crippen LogP contribution in [0.25, 0.3) is 10.6 Å². The maximum Gasteiger partial charge on any atom is 0.274 e. The van der Waals surface area contributed by atoms with Crippen LogP contribution in [0.15, 0.2) is 35.3 Å². The third kappa shape index (κ3) is 4.12. The van der Waals surface area contributed by atoms with Gasteiger partial charge < -0.3 is 19.3 Å². The second kappa shape index (κ2) is 8.92. The number of ether oxygens (including phenoxy) is 1. The highest BCUT2D eigenvalue weighted by molar-refractivity contribution is 7.14. The standard InChI is InChI=1S/C24H25FN4O4S/c1-13(12-33-2)18-11-28(16-7-8-16)24(32)20-22(31)21(30)17(10-29(18)20)23-27-26-19(34-23)9-14-3-5-15(25)6-4-14/h3-6,10,13,16,18,31H,7-9,11-12H2,1-2H3/t13-,18-/m1/s1. The summed E-state index contributed by atoms with van der Waals surface area (Å²) in [5.41, 5.74) is 0.454. The molecule has 5 rings (SSSR count). The van der Waals surface area contributed by atoms with Crippen LogP contribution in [-0.4, -0.2) is 57.0 Å². The quantitative estimate of drug-likeness (QED) is 0.553. The van der Waals surface area contributed by atoms with E-state index in [2.05, 4.69) is 10.2 Å². The average Bonchev–Trinajstić information content (AvgIpc) is 3.56. The largest absolute Gasteiger partial charge is 0.503 e. The molecule has 178 valence electrons. The van der Waals surface area contributed by atoms with Crippen molar-refractivity contribution < 1.29 is 19.0 Å². The van der Waals surface area contributed by atoms with E-state index in [1.54, 1.807) is 34.9 Å². The highest BCUT2D eigenvalue weighted by atomic mass is 32.1. The van der Waals surface area contributed by atoms with Crippen molar-refractivity contribution in [3.05, 3.63) is 62.8 Å². The number of methoxy groups -OCH3 is 1. The molecule has 3 heterocycles. The third-order valence-corrected chi connectivity index (χ3v) is 7.41. The summed E-state index contributed by atoms with van der Waals surface area (Å²) >= 11 is 1.23. The average molecular weight is 485 g/mol. The number of aromatic hydroxyl groups is 1. The van der Waals surface area contributed by atoms with Crippen LogP contribution in [-0.2, 0) is 11.2 Å². The first-order chi connectivity index (χ1) is 16.4. The van der Waals surface area contributed by atoms with E-state index in [9.17, 15) is 19.1 Å². The summed E-state index contributed by atoms with van der Waals surface area (Å²) in [4.78, 5) is 28.1. The molecule has 1 amide bonds. The summed E-state index contributed by atoms with van der Waals surface area (Å²) in [6.45, 7) is 2.99. The first-order valence-corrected chi connectivity index (χ1v) is 12.0. The minimum atomic E-state index is -0.639. The highest BCUT2D eigenvalue weighted by Crippen LogP contribution is 2.38. The molecule has 0 spiro atoms. The number of pyridine rings is 1. The zero-order valence-corrected chi connectivity index (χ0v) is 19.7. The van der Waals surface area contributed by atoms with E-state index in [0.29, 0.717) is 29.6 Å². The maximum atomic E-state index is 13.2. The van der Waals surface area contributed by atoms with Crippen LogP contribution in [0.4, 0.5) is 4.39 Å². The SMILES string of the molecule is COC[C@@H](C)[C@H]1CN(C2CC2)C(=O)c2c(O)c(=O)c(-c3nnc(Cc4ccc(F)cc4)s3)cn21. The van der Waals surface area contributed by atoms with Crippen molar-refractivity contribution in [3.8, 4) is 16.3 Å². The van der Waals surface area contributed by atoms with Crippen LogP contribution in [0, 0.1) is 11.7 Å². The highest BCUT2D eigenvalue weighted by Gasteiger charge is 2.43. The van der Waals surface area contributed by atoms with Crippen molar-refractivity contribution in [1.29, 1.82) is 0 Å². The fourth-order valence-electron chi connectivity index (χ4n) is 4.49. The molecule has 0 saturated heterocycles. The smallest absolute Gasteiger partial charge is 0.274 e. The van der Waals surface area contributed by atoms with Crippen LogP contribution in [0.5, 0.6) is 5.75 Å². The van der Waals surface area contributed by atoms with E-state index in [1.165, 1.54) is 23.5 Å². The molecule has 2 aromatic heterocycles. The van der Waals surface area contributed by atoms with Gasteiger partial charge in [0.25, 0.3) is 5.91 Å². The van der Waals surface area contributed by atoms with E-state index in [1.807, 2.05) is 6.92 Å². The Morgan fingerprint density at radius 3 is 2.65 bits per heavy atom. The molecule has 1 saturated carbocycles. The van der Waals surface area contributed by atoms with Gasteiger partial charge in [-0.25, -0.2) is 4.39 Å². The molecule has 0 radical (unpaired) electrons. The molecule has 1 aliphatic carbocycles. The van der Waals surface area contributed by atoms with Crippen molar-refractivity contribution in [2.24, 2.45) is 5.92 Å². The molecule has 8 nitrogen and oxygen atoms in total. The van der Waals surface area contributed by atoms with Gasteiger partial charge in [0, 0.05) is 38.2 Å². The van der Waals surface area contributed by atoms with Crippen LogP contribution in [0.2, 0.25) is 0 Å². The molecule has 3 aromatic rings. The molecular formula is C24H25FN4O4S. The van der Waals surface area contributed by atoms with Crippen LogP contribution in [0.1, 0.15) is 46.9 Å². The van der Waals surface area contributed by atoms with Gasteiger partial charge in [-0.05, 0) is 30.5 Å². The lowest BCUT2D eigenvalue weighted by atomic mass is 9.97. The number of carbonyl (C=O) groups excluding carboxylic acids is 1. The van der Waals surface area contributed by atoms with Gasteiger partial charge in [0.15, 0.2) is 16.5 Å². The van der Waals surface area contributed by atoms with Gasteiger partial charge in [-0.2, -0.15) is 0 Å². The number of carbonyl (C=O) groups is 1. The zero-order chi connectivity index (χ0) is 24.0. The Hall–Kier alpha value is -3.11. The van der Waals surface area contributed by atoms with Crippen molar-refractivity contribution in [1.82, 2.24) is 19.7 Å². The molecule has 1 aromatic carbocycles. The lowest BCUT2D eigenvalue weighted by molar-refractivity contribution is 0.0544. The van der Waals surface area contributed by atoms with E-state index in [-0.39, 0.29) is 41.0 Å². The number of benzene rings is 1. The Morgan fingerprint density at radius 2 is 1.97 bits per heavy atom. The van der Waals surface area contributed by atoms with Gasteiger partial charge in [0.1, 0.15) is 10.8 Å². The van der Waals surface area contributed by atoms with Crippen molar-refractivity contribution >= 4 is 17.2 Å².